The molecule has 1 saturated heterocycles. The van der Waals surface area contributed by atoms with Crippen molar-refractivity contribution < 1.29 is 9.53 Å². The maximum absolute atomic E-state index is 12.5. The quantitative estimate of drug-likeness (QED) is 0.774. The summed E-state index contributed by atoms with van der Waals surface area (Å²) in [6.45, 7) is 1.32. The Kier molecular flexibility index (Phi) is 5.68. The lowest BCUT2D eigenvalue weighted by Crippen LogP contribution is -2.45. The smallest absolute Gasteiger partial charge is 0.316 e. The van der Waals surface area contributed by atoms with Crippen LogP contribution in [-0.4, -0.2) is 40.0 Å². The topological polar surface area (TPSA) is 55.3 Å². The summed E-state index contributed by atoms with van der Waals surface area (Å²) in [4.78, 5) is 22.6. The van der Waals surface area contributed by atoms with Crippen LogP contribution in [0.4, 0.5) is 0 Å². The lowest BCUT2D eigenvalue weighted by Gasteiger charge is -2.32. The van der Waals surface area contributed by atoms with E-state index in [1.807, 2.05) is 17.0 Å². The maximum Gasteiger partial charge on any atom is 0.316 e. The van der Waals surface area contributed by atoms with Crippen LogP contribution in [-0.2, 0) is 11.2 Å². The predicted molar refractivity (Wildman–Crippen MR) is 95.1 cm³/mol. The average Bonchev–Trinajstić information content (AvgIpc) is 2.59. The van der Waals surface area contributed by atoms with Gasteiger partial charge in [-0.25, -0.2) is 9.97 Å². The Labute approximate surface area is 154 Å². The molecule has 1 fully saturated rings. The number of carbonyl (C=O) groups is 1. The number of hydrogen-bond acceptors (Lipinski definition) is 4. The molecule has 1 aromatic heterocycles. The van der Waals surface area contributed by atoms with E-state index in [4.69, 9.17) is 16.3 Å². The SMILES string of the molecule is O=C(Cc1ccc(Cl)cc1)N1CCCC(Oc2ncc(Br)cn2)C1. The summed E-state index contributed by atoms with van der Waals surface area (Å²) in [7, 11) is 0. The Morgan fingerprint density at radius 2 is 2.00 bits per heavy atom. The number of carbonyl (C=O) groups excluding carboxylic acids is 1. The molecule has 24 heavy (non-hydrogen) atoms. The summed E-state index contributed by atoms with van der Waals surface area (Å²) in [6.07, 6.45) is 5.40. The number of halogens is 2. The molecule has 1 aromatic carbocycles. The molecule has 3 rings (SSSR count). The van der Waals surface area contributed by atoms with Crippen molar-refractivity contribution in [3.8, 4) is 6.01 Å². The third-order valence-electron chi connectivity index (χ3n) is 3.87. The normalized spacial score (nSPS) is 17.6. The molecule has 1 atom stereocenters. The fraction of sp³-hybridized carbons (Fsp3) is 0.353. The van der Waals surface area contributed by atoms with Crippen molar-refractivity contribution in [2.24, 2.45) is 0 Å². The van der Waals surface area contributed by atoms with Crippen molar-refractivity contribution in [1.82, 2.24) is 14.9 Å². The van der Waals surface area contributed by atoms with Gasteiger partial charge in [0.2, 0.25) is 5.91 Å². The summed E-state index contributed by atoms with van der Waals surface area (Å²) in [5.41, 5.74) is 0.962. The molecule has 5 nitrogen and oxygen atoms in total. The first-order valence-corrected chi connectivity index (χ1v) is 8.93. The number of hydrogen-bond donors (Lipinski definition) is 0. The van der Waals surface area contributed by atoms with Gasteiger partial charge in [0.25, 0.3) is 0 Å². The Morgan fingerprint density at radius 1 is 1.29 bits per heavy atom. The summed E-state index contributed by atoms with van der Waals surface area (Å²) in [5.74, 6) is 0.0994. The van der Waals surface area contributed by atoms with Gasteiger partial charge in [-0.2, -0.15) is 0 Å². The Bertz CT molecular complexity index is 694. The Hall–Kier alpha value is -1.66. The van der Waals surface area contributed by atoms with Gasteiger partial charge in [0.1, 0.15) is 6.10 Å². The van der Waals surface area contributed by atoms with Crippen LogP contribution in [0.15, 0.2) is 41.1 Å². The van der Waals surface area contributed by atoms with E-state index in [1.54, 1.807) is 24.5 Å². The van der Waals surface area contributed by atoms with Crippen LogP contribution in [0, 0.1) is 0 Å². The van der Waals surface area contributed by atoms with Gasteiger partial charge < -0.3 is 9.64 Å². The molecule has 2 heterocycles. The zero-order chi connectivity index (χ0) is 16.9. The van der Waals surface area contributed by atoms with E-state index in [0.29, 0.717) is 24.0 Å². The van der Waals surface area contributed by atoms with Crippen LogP contribution >= 0.6 is 27.5 Å². The van der Waals surface area contributed by atoms with Gasteiger partial charge in [-0.3, -0.25) is 4.79 Å². The standard InChI is InChI=1S/C17H17BrClN3O2/c18-13-9-20-17(21-10-13)24-15-2-1-7-22(11-15)16(23)8-12-3-5-14(19)6-4-12/h3-6,9-10,15H,1-2,7-8,11H2. The van der Waals surface area contributed by atoms with Crippen LogP contribution in [0.1, 0.15) is 18.4 Å². The maximum atomic E-state index is 12.5. The molecule has 1 aliphatic heterocycles. The van der Waals surface area contributed by atoms with E-state index < -0.39 is 0 Å². The number of aromatic nitrogens is 2. The molecule has 1 aliphatic rings. The minimum Gasteiger partial charge on any atom is -0.458 e. The Balaban J connectivity index is 1.57. The van der Waals surface area contributed by atoms with Gasteiger partial charge in [0, 0.05) is 24.0 Å². The Morgan fingerprint density at radius 3 is 2.71 bits per heavy atom. The molecule has 0 N–H and O–H groups in total. The molecule has 0 aliphatic carbocycles. The average molecular weight is 411 g/mol. The van der Waals surface area contributed by atoms with E-state index in [0.717, 1.165) is 29.4 Å². The molecule has 2 aromatic rings. The summed E-state index contributed by atoms with van der Waals surface area (Å²) in [5, 5.41) is 0.673. The number of rotatable bonds is 4. The third kappa shape index (κ3) is 4.68. The van der Waals surface area contributed by atoms with Gasteiger partial charge in [-0.05, 0) is 46.5 Å². The molecule has 1 unspecified atom stereocenters. The molecule has 0 radical (unpaired) electrons. The zero-order valence-electron chi connectivity index (χ0n) is 13.0. The minimum absolute atomic E-state index is 0.0749. The summed E-state index contributed by atoms with van der Waals surface area (Å²) in [6, 6.07) is 7.71. The van der Waals surface area contributed by atoms with Gasteiger partial charge in [-0.15, -0.1) is 0 Å². The number of piperidine rings is 1. The highest BCUT2D eigenvalue weighted by Crippen LogP contribution is 2.18. The van der Waals surface area contributed by atoms with E-state index in [1.165, 1.54) is 0 Å². The molecular weight excluding hydrogens is 394 g/mol. The molecule has 0 spiro atoms. The first kappa shape index (κ1) is 17.2. The molecule has 1 amide bonds. The molecule has 126 valence electrons. The number of benzene rings is 1. The molecule has 0 saturated carbocycles. The van der Waals surface area contributed by atoms with Gasteiger partial charge in [0.05, 0.1) is 17.4 Å². The fourth-order valence-electron chi connectivity index (χ4n) is 2.66. The van der Waals surface area contributed by atoms with Gasteiger partial charge >= 0.3 is 6.01 Å². The van der Waals surface area contributed by atoms with E-state index in [9.17, 15) is 4.79 Å². The van der Waals surface area contributed by atoms with Gasteiger partial charge in [0.15, 0.2) is 0 Å². The second-order valence-corrected chi connectivity index (χ2v) is 7.06. The fourth-order valence-corrected chi connectivity index (χ4v) is 2.99. The first-order valence-electron chi connectivity index (χ1n) is 7.76. The second kappa shape index (κ2) is 7.94. The lowest BCUT2D eigenvalue weighted by atomic mass is 10.1. The third-order valence-corrected chi connectivity index (χ3v) is 4.53. The van der Waals surface area contributed by atoms with Crippen molar-refractivity contribution in [2.75, 3.05) is 13.1 Å². The van der Waals surface area contributed by atoms with Crippen molar-refractivity contribution in [2.45, 2.75) is 25.4 Å². The zero-order valence-corrected chi connectivity index (χ0v) is 15.3. The summed E-state index contributed by atoms with van der Waals surface area (Å²) >= 11 is 9.17. The van der Waals surface area contributed by atoms with E-state index in [-0.39, 0.29) is 12.0 Å². The van der Waals surface area contributed by atoms with Gasteiger partial charge in [-0.1, -0.05) is 23.7 Å². The van der Waals surface area contributed by atoms with Crippen LogP contribution in [0.3, 0.4) is 0 Å². The first-order chi connectivity index (χ1) is 11.6. The molecular formula is C17H17BrClN3O2. The highest BCUT2D eigenvalue weighted by atomic mass is 79.9. The lowest BCUT2D eigenvalue weighted by molar-refractivity contribution is -0.133. The minimum atomic E-state index is -0.0749. The van der Waals surface area contributed by atoms with Crippen molar-refractivity contribution in [3.63, 3.8) is 0 Å². The largest absolute Gasteiger partial charge is 0.458 e. The highest BCUT2D eigenvalue weighted by molar-refractivity contribution is 9.10. The van der Waals surface area contributed by atoms with E-state index >= 15 is 0 Å². The molecule has 7 heteroatoms. The number of ether oxygens (including phenoxy) is 1. The highest BCUT2D eigenvalue weighted by Gasteiger charge is 2.25. The van der Waals surface area contributed by atoms with Crippen molar-refractivity contribution >= 4 is 33.4 Å². The monoisotopic (exact) mass is 409 g/mol. The van der Waals surface area contributed by atoms with Crippen LogP contribution in [0.5, 0.6) is 6.01 Å². The van der Waals surface area contributed by atoms with Crippen LogP contribution in [0.25, 0.3) is 0 Å². The number of amides is 1. The second-order valence-electron chi connectivity index (χ2n) is 5.71. The number of nitrogens with zero attached hydrogens (tertiary/aromatic N) is 3. The van der Waals surface area contributed by atoms with Crippen molar-refractivity contribution in [1.29, 1.82) is 0 Å². The van der Waals surface area contributed by atoms with Crippen LogP contribution < -0.4 is 4.74 Å². The van der Waals surface area contributed by atoms with Crippen molar-refractivity contribution in [3.05, 3.63) is 51.7 Å². The summed E-state index contributed by atoms with van der Waals surface area (Å²) < 4.78 is 6.61. The number of likely N-dealkylation sites (tertiary alicyclic amines) is 1. The van der Waals surface area contributed by atoms with E-state index in [2.05, 4.69) is 25.9 Å². The van der Waals surface area contributed by atoms with Crippen LogP contribution in [0.2, 0.25) is 5.02 Å². The predicted octanol–water partition coefficient (Wildman–Crippen LogP) is 3.51. The molecule has 0 bridgehead atoms.